The number of rotatable bonds is 6. The van der Waals surface area contributed by atoms with Gasteiger partial charge in [-0.15, -0.1) is 0 Å². The lowest BCUT2D eigenvalue weighted by Crippen LogP contribution is -2.12. The van der Waals surface area contributed by atoms with Gasteiger partial charge in [0.1, 0.15) is 0 Å². The van der Waals surface area contributed by atoms with E-state index >= 15 is 0 Å². The molecular weight excluding hydrogens is 470 g/mol. The number of hydrogen-bond acceptors (Lipinski definition) is 1. The summed E-state index contributed by atoms with van der Waals surface area (Å²) in [5.41, 5.74) is 1.88. The number of benzene rings is 3. The molecule has 0 amide bonds. The molecule has 182 valence electrons. The van der Waals surface area contributed by atoms with Gasteiger partial charge in [-0.25, -0.2) is 4.79 Å². The highest BCUT2D eigenvalue weighted by molar-refractivity contribution is 5.87. The topological polar surface area (TPSA) is 37.3 Å². The SMILES string of the molecule is O=C(O)c1ccc(CCc2cccc3c2C(Cc2cc(C(F)(F)F)cc(C(F)(F)F)c2)=CC3)cc1. The minimum absolute atomic E-state index is 0.0506. The van der Waals surface area contributed by atoms with Crippen molar-refractivity contribution in [3.63, 3.8) is 0 Å². The van der Waals surface area contributed by atoms with Crippen LogP contribution in [0.3, 0.4) is 0 Å². The van der Waals surface area contributed by atoms with Gasteiger partial charge >= 0.3 is 18.3 Å². The van der Waals surface area contributed by atoms with E-state index in [0.717, 1.165) is 34.4 Å². The van der Waals surface area contributed by atoms with E-state index < -0.39 is 29.4 Å². The van der Waals surface area contributed by atoms with Crippen LogP contribution in [0.25, 0.3) is 5.57 Å². The summed E-state index contributed by atoms with van der Waals surface area (Å²) in [4.78, 5) is 11.0. The molecule has 0 unspecified atom stereocenters. The van der Waals surface area contributed by atoms with Gasteiger partial charge in [0.2, 0.25) is 0 Å². The fourth-order valence-electron chi connectivity index (χ4n) is 4.37. The van der Waals surface area contributed by atoms with Gasteiger partial charge in [-0.3, -0.25) is 0 Å². The Morgan fingerprint density at radius 3 is 2.00 bits per heavy atom. The van der Waals surface area contributed by atoms with Crippen LogP contribution in [-0.2, 0) is 38.0 Å². The second kappa shape index (κ2) is 9.24. The van der Waals surface area contributed by atoms with E-state index in [0.29, 0.717) is 24.8 Å². The Hall–Kier alpha value is -3.55. The zero-order valence-corrected chi connectivity index (χ0v) is 18.3. The van der Waals surface area contributed by atoms with Crippen molar-refractivity contribution in [3.05, 3.63) is 111 Å². The highest BCUT2D eigenvalue weighted by Gasteiger charge is 2.37. The number of carboxylic acids is 1. The first-order chi connectivity index (χ1) is 16.4. The number of alkyl halides is 6. The molecule has 0 atom stereocenters. The van der Waals surface area contributed by atoms with Crippen molar-refractivity contribution < 1.29 is 36.2 Å². The zero-order valence-electron chi connectivity index (χ0n) is 18.3. The number of hydrogen-bond donors (Lipinski definition) is 1. The molecule has 4 rings (SSSR count). The lowest BCUT2D eigenvalue weighted by Gasteiger charge is -2.16. The third kappa shape index (κ3) is 5.58. The summed E-state index contributed by atoms with van der Waals surface area (Å²) in [6, 6.07) is 13.9. The van der Waals surface area contributed by atoms with Gasteiger partial charge in [0, 0.05) is 0 Å². The van der Waals surface area contributed by atoms with Crippen molar-refractivity contribution >= 4 is 11.5 Å². The van der Waals surface area contributed by atoms with Crippen LogP contribution in [0.2, 0.25) is 0 Å². The molecule has 0 radical (unpaired) electrons. The molecule has 1 aliphatic carbocycles. The summed E-state index contributed by atoms with van der Waals surface area (Å²) in [7, 11) is 0. The van der Waals surface area contributed by atoms with E-state index in [1.165, 1.54) is 12.1 Å². The van der Waals surface area contributed by atoms with E-state index in [9.17, 15) is 31.1 Å². The Balaban J connectivity index is 1.60. The third-order valence-corrected chi connectivity index (χ3v) is 6.05. The highest BCUT2D eigenvalue weighted by Crippen LogP contribution is 2.39. The van der Waals surface area contributed by atoms with Gasteiger partial charge < -0.3 is 5.11 Å². The average Bonchev–Trinajstić information content (AvgIpc) is 3.20. The number of carboxylic acid groups (broad SMARTS) is 1. The van der Waals surface area contributed by atoms with E-state index in [2.05, 4.69) is 0 Å². The molecule has 35 heavy (non-hydrogen) atoms. The maximum absolute atomic E-state index is 13.3. The molecule has 0 spiro atoms. The van der Waals surface area contributed by atoms with Crippen molar-refractivity contribution in [2.75, 3.05) is 0 Å². The molecule has 0 saturated heterocycles. The quantitative estimate of drug-likeness (QED) is 0.366. The predicted molar refractivity (Wildman–Crippen MR) is 119 cm³/mol. The van der Waals surface area contributed by atoms with Crippen LogP contribution >= 0.6 is 0 Å². The molecule has 1 N–H and O–H groups in total. The summed E-state index contributed by atoms with van der Waals surface area (Å²) >= 11 is 0. The molecule has 0 fully saturated rings. The number of carbonyl (C=O) groups is 1. The lowest BCUT2D eigenvalue weighted by atomic mass is 9.90. The minimum atomic E-state index is -4.89. The molecule has 3 aromatic carbocycles. The minimum Gasteiger partial charge on any atom is -0.478 e. The van der Waals surface area contributed by atoms with Crippen LogP contribution in [-0.4, -0.2) is 11.1 Å². The fourth-order valence-corrected chi connectivity index (χ4v) is 4.37. The van der Waals surface area contributed by atoms with Crippen LogP contribution in [0, 0.1) is 0 Å². The van der Waals surface area contributed by atoms with Crippen LogP contribution in [0.1, 0.15) is 49.3 Å². The molecule has 0 heterocycles. The van der Waals surface area contributed by atoms with E-state index in [1.54, 1.807) is 12.1 Å². The molecule has 8 heteroatoms. The monoisotopic (exact) mass is 490 g/mol. The lowest BCUT2D eigenvalue weighted by molar-refractivity contribution is -0.143. The van der Waals surface area contributed by atoms with Crippen LogP contribution < -0.4 is 0 Å². The summed E-state index contributed by atoms with van der Waals surface area (Å²) in [5, 5.41) is 9.03. The predicted octanol–water partition coefficient (Wildman–Crippen LogP) is 7.39. The van der Waals surface area contributed by atoms with Gasteiger partial charge in [0.15, 0.2) is 0 Å². The number of allylic oxidation sites excluding steroid dienone is 2. The average molecular weight is 490 g/mol. The van der Waals surface area contributed by atoms with Gasteiger partial charge in [-0.05, 0) is 89.4 Å². The van der Waals surface area contributed by atoms with E-state index in [1.807, 2.05) is 24.3 Å². The summed E-state index contributed by atoms with van der Waals surface area (Å²) in [5.74, 6) is -1.02. The first-order valence-corrected chi connectivity index (χ1v) is 10.8. The van der Waals surface area contributed by atoms with Crippen LogP contribution in [0.15, 0.2) is 66.7 Å². The Bertz CT molecular complexity index is 1250. The molecule has 0 bridgehead atoms. The Labute approximate surface area is 197 Å². The molecular formula is C27H20F6O2. The standard InChI is InChI=1S/C27H20F6O2/c28-26(29,30)22-13-17(14-23(15-22)27(31,32)33)12-21-11-10-19-3-1-2-18(24(19)21)7-4-16-5-8-20(9-6-16)25(34)35/h1-3,5-6,8-9,11,13-15H,4,7,10,12H2,(H,34,35). The van der Waals surface area contributed by atoms with Gasteiger partial charge in [0.05, 0.1) is 16.7 Å². The van der Waals surface area contributed by atoms with E-state index in [-0.39, 0.29) is 23.6 Å². The Kier molecular flexibility index (Phi) is 6.49. The van der Waals surface area contributed by atoms with Gasteiger partial charge in [-0.2, -0.15) is 26.3 Å². The first kappa shape index (κ1) is 24.6. The summed E-state index contributed by atoms with van der Waals surface area (Å²) in [6.45, 7) is 0. The Morgan fingerprint density at radius 2 is 1.43 bits per heavy atom. The molecule has 3 aromatic rings. The molecule has 0 aromatic heterocycles. The highest BCUT2D eigenvalue weighted by atomic mass is 19.4. The molecule has 1 aliphatic rings. The number of halogens is 6. The zero-order chi connectivity index (χ0) is 25.4. The number of fused-ring (bicyclic) bond motifs is 1. The van der Waals surface area contributed by atoms with Crippen molar-refractivity contribution in [1.29, 1.82) is 0 Å². The van der Waals surface area contributed by atoms with Gasteiger partial charge in [0.25, 0.3) is 0 Å². The largest absolute Gasteiger partial charge is 0.478 e. The third-order valence-electron chi connectivity index (χ3n) is 6.05. The maximum atomic E-state index is 13.3. The second-order valence-electron chi connectivity index (χ2n) is 8.48. The Morgan fingerprint density at radius 1 is 0.800 bits per heavy atom. The molecule has 0 saturated carbocycles. The van der Waals surface area contributed by atoms with Crippen molar-refractivity contribution in [2.45, 2.75) is 38.0 Å². The second-order valence-corrected chi connectivity index (χ2v) is 8.48. The first-order valence-electron chi connectivity index (χ1n) is 10.8. The molecule has 2 nitrogen and oxygen atoms in total. The van der Waals surface area contributed by atoms with Crippen LogP contribution in [0.5, 0.6) is 0 Å². The maximum Gasteiger partial charge on any atom is 0.416 e. The number of aromatic carboxylic acids is 1. The number of aryl methyl sites for hydroxylation is 2. The summed E-state index contributed by atoms with van der Waals surface area (Å²) < 4.78 is 79.6. The normalized spacial score (nSPS) is 13.5. The summed E-state index contributed by atoms with van der Waals surface area (Å²) in [6.07, 6.45) is -6.24. The van der Waals surface area contributed by atoms with Crippen molar-refractivity contribution in [2.24, 2.45) is 0 Å². The fraction of sp³-hybridized carbons (Fsp3) is 0.222. The molecule has 0 aliphatic heterocycles. The van der Waals surface area contributed by atoms with E-state index in [4.69, 9.17) is 5.11 Å². The van der Waals surface area contributed by atoms with Crippen molar-refractivity contribution in [1.82, 2.24) is 0 Å². The van der Waals surface area contributed by atoms with Gasteiger partial charge in [-0.1, -0.05) is 36.4 Å². The van der Waals surface area contributed by atoms with Crippen LogP contribution in [0.4, 0.5) is 26.3 Å². The van der Waals surface area contributed by atoms with Crippen molar-refractivity contribution in [3.8, 4) is 0 Å². The smallest absolute Gasteiger partial charge is 0.416 e.